The minimum atomic E-state index is -3.33. The summed E-state index contributed by atoms with van der Waals surface area (Å²) >= 11 is 6.03. The van der Waals surface area contributed by atoms with Crippen LogP contribution >= 0.6 is 11.6 Å². The van der Waals surface area contributed by atoms with Gasteiger partial charge in [0, 0.05) is 31.1 Å². The van der Waals surface area contributed by atoms with Gasteiger partial charge in [0.1, 0.15) is 0 Å². The van der Waals surface area contributed by atoms with Crippen molar-refractivity contribution in [2.45, 2.75) is 69.9 Å². The van der Waals surface area contributed by atoms with Gasteiger partial charge in [0.15, 0.2) is 0 Å². The van der Waals surface area contributed by atoms with E-state index in [1.807, 2.05) is 4.31 Å². The van der Waals surface area contributed by atoms with Crippen molar-refractivity contribution in [1.82, 2.24) is 8.61 Å². The van der Waals surface area contributed by atoms with Gasteiger partial charge in [-0.1, -0.05) is 19.3 Å². The van der Waals surface area contributed by atoms with Gasteiger partial charge >= 0.3 is 0 Å². The van der Waals surface area contributed by atoms with Crippen molar-refractivity contribution in [3.05, 3.63) is 0 Å². The standard InChI is InChI=1S/C15H27ClN2O2S/c16-12-14-8-3-4-10-17(14)21(19,20)18-11-5-7-13-6-1-2-9-15(13)18/h13-15H,1-12H2/t13-,14?,15-/m1/s1. The topological polar surface area (TPSA) is 40.6 Å². The van der Waals surface area contributed by atoms with Gasteiger partial charge in [0.2, 0.25) is 0 Å². The third kappa shape index (κ3) is 3.12. The molecule has 1 aliphatic carbocycles. The highest BCUT2D eigenvalue weighted by Crippen LogP contribution is 2.38. The number of nitrogens with zero attached hydrogens (tertiary/aromatic N) is 2. The minimum Gasteiger partial charge on any atom is -0.195 e. The number of halogens is 1. The second-order valence-electron chi connectivity index (χ2n) is 6.79. The first-order valence-electron chi connectivity index (χ1n) is 8.49. The summed E-state index contributed by atoms with van der Waals surface area (Å²) in [5.74, 6) is 1.00. The van der Waals surface area contributed by atoms with Crippen molar-refractivity contribution in [1.29, 1.82) is 0 Å². The predicted octanol–water partition coefficient (Wildman–Crippen LogP) is 2.98. The van der Waals surface area contributed by atoms with Crippen LogP contribution in [0.3, 0.4) is 0 Å². The third-order valence-corrected chi connectivity index (χ3v) is 8.01. The van der Waals surface area contributed by atoms with Crippen LogP contribution in [0, 0.1) is 5.92 Å². The number of hydrogen-bond donors (Lipinski definition) is 0. The van der Waals surface area contributed by atoms with Crippen LogP contribution in [-0.4, -0.2) is 48.1 Å². The Morgan fingerprint density at radius 2 is 1.52 bits per heavy atom. The van der Waals surface area contributed by atoms with E-state index in [4.69, 9.17) is 11.6 Å². The van der Waals surface area contributed by atoms with Gasteiger partial charge in [0.05, 0.1) is 0 Å². The molecule has 0 aromatic carbocycles. The molecule has 2 aliphatic heterocycles. The largest absolute Gasteiger partial charge is 0.282 e. The molecule has 2 heterocycles. The van der Waals surface area contributed by atoms with Gasteiger partial charge in [-0.2, -0.15) is 17.0 Å². The smallest absolute Gasteiger partial charge is 0.195 e. The Bertz CT molecular complexity index is 455. The highest BCUT2D eigenvalue weighted by atomic mass is 35.5. The van der Waals surface area contributed by atoms with E-state index in [0.717, 1.165) is 32.1 Å². The Balaban J connectivity index is 1.82. The monoisotopic (exact) mass is 334 g/mol. The van der Waals surface area contributed by atoms with E-state index in [1.54, 1.807) is 4.31 Å². The van der Waals surface area contributed by atoms with Crippen LogP contribution in [0.15, 0.2) is 0 Å². The zero-order valence-corrected chi connectivity index (χ0v) is 14.3. The normalized spacial score (nSPS) is 36.3. The lowest BCUT2D eigenvalue weighted by atomic mass is 9.79. The minimum absolute atomic E-state index is 0.00520. The Morgan fingerprint density at radius 1 is 0.857 bits per heavy atom. The molecule has 122 valence electrons. The molecule has 1 unspecified atom stereocenters. The Hall–Kier alpha value is 0.160. The van der Waals surface area contributed by atoms with E-state index in [9.17, 15) is 8.42 Å². The highest BCUT2D eigenvalue weighted by Gasteiger charge is 2.43. The molecule has 21 heavy (non-hydrogen) atoms. The zero-order valence-electron chi connectivity index (χ0n) is 12.7. The Morgan fingerprint density at radius 3 is 2.33 bits per heavy atom. The van der Waals surface area contributed by atoms with Crippen LogP contribution in [-0.2, 0) is 10.2 Å². The zero-order chi connectivity index (χ0) is 14.9. The van der Waals surface area contributed by atoms with Crippen molar-refractivity contribution >= 4 is 21.8 Å². The molecule has 3 rings (SSSR count). The molecule has 1 saturated carbocycles. The first-order chi connectivity index (χ1) is 10.1. The molecule has 4 nitrogen and oxygen atoms in total. The van der Waals surface area contributed by atoms with Crippen molar-refractivity contribution in [3.8, 4) is 0 Å². The number of fused-ring (bicyclic) bond motifs is 1. The van der Waals surface area contributed by atoms with Gasteiger partial charge in [-0.25, -0.2) is 0 Å². The van der Waals surface area contributed by atoms with Gasteiger partial charge in [0.25, 0.3) is 10.2 Å². The van der Waals surface area contributed by atoms with E-state index in [1.165, 1.54) is 25.7 Å². The summed E-state index contributed by atoms with van der Waals surface area (Å²) in [5.41, 5.74) is 0. The van der Waals surface area contributed by atoms with E-state index in [2.05, 4.69) is 0 Å². The quantitative estimate of drug-likeness (QED) is 0.744. The van der Waals surface area contributed by atoms with Crippen molar-refractivity contribution in [2.75, 3.05) is 19.0 Å². The summed E-state index contributed by atoms with van der Waals surface area (Å²) in [6, 6.07) is 0.241. The lowest BCUT2D eigenvalue weighted by Crippen LogP contribution is -2.57. The van der Waals surface area contributed by atoms with Gasteiger partial charge in [-0.15, -0.1) is 11.6 Å². The third-order valence-electron chi connectivity index (χ3n) is 5.54. The van der Waals surface area contributed by atoms with Crippen LogP contribution in [0.1, 0.15) is 57.8 Å². The first kappa shape index (κ1) is 16.0. The maximum atomic E-state index is 13.2. The maximum Gasteiger partial charge on any atom is 0.282 e. The van der Waals surface area contributed by atoms with E-state index in [-0.39, 0.29) is 12.1 Å². The number of rotatable bonds is 3. The molecule has 3 fully saturated rings. The fourth-order valence-corrected chi connectivity index (χ4v) is 7.00. The fourth-order valence-electron chi connectivity index (χ4n) is 4.43. The molecule has 0 aromatic rings. The summed E-state index contributed by atoms with van der Waals surface area (Å²) in [6.07, 6.45) is 9.87. The molecule has 0 amide bonds. The number of piperidine rings is 2. The first-order valence-corrected chi connectivity index (χ1v) is 10.4. The van der Waals surface area contributed by atoms with Crippen LogP contribution in [0.2, 0.25) is 0 Å². The summed E-state index contributed by atoms with van der Waals surface area (Å²) in [7, 11) is -3.33. The van der Waals surface area contributed by atoms with Gasteiger partial charge < -0.3 is 0 Å². The lowest BCUT2D eigenvalue weighted by molar-refractivity contribution is 0.116. The van der Waals surface area contributed by atoms with Crippen molar-refractivity contribution < 1.29 is 8.42 Å². The molecule has 2 saturated heterocycles. The van der Waals surface area contributed by atoms with E-state index >= 15 is 0 Å². The van der Waals surface area contributed by atoms with Crippen LogP contribution in [0.25, 0.3) is 0 Å². The summed E-state index contributed by atoms with van der Waals surface area (Å²) in [5, 5.41) is 0. The predicted molar refractivity (Wildman–Crippen MR) is 85.7 cm³/mol. The highest BCUT2D eigenvalue weighted by molar-refractivity contribution is 7.86. The molecule has 0 spiro atoms. The maximum absolute atomic E-state index is 13.2. The average Bonchev–Trinajstić information content (AvgIpc) is 2.54. The Kier molecular flexibility index (Phi) is 5.14. The molecule has 0 aromatic heterocycles. The number of hydrogen-bond acceptors (Lipinski definition) is 2. The van der Waals surface area contributed by atoms with Crippen molar-refractivity contribution in [3.63, 3.8) is 0 Å². The van der Waals surface area contributed by atoms with Crippen LogP contribution in [0.4, 0.5) is 0 Å². The van der Waals surface area contributed by atoms with Crippen LogP contribution < -0.4 is 0 Å². The SMILES string of the molecule is O=S(=O)(N1CCCCC1CCl)N1CCC[C@H]2CCCC[C@H]21. The number of alkyl halides is 1. The molecular formula is C15H27ClN2O2S. The molecule has 0 N–H and O–H groups in total. The molecular weight excluding hydrogens is 308 g/mol. The average molecular weight is 335 g/mol. The second kappa shape index (κ2) is 6.73. The molecule has 6 heteroatoms. The van der Waals surface area contributed by atoms with Gasteiger partial charge in [-0.05, 0) is 44.4 Å². The molecule has 0 radical (unpaired) electrons. The fraction of sp³-hybridized carbons (Fsp3) is 1.00. The summed E-state index contributed by atoms with van der Waals surface area (Å²) in [4.78, 5) is 0. The molecule has 3 aliphatic rings. The van der Waals surface area contributed by atoms with Crippen LogP contribution in [0.5, 0.6) is 0 Å². The van der Waals surface area contributed by atoms with Gasteiger partial charge in [-0.3, -0.25) is 0 Å². The van der Waals surface area contributed by atoms with E-state index in [0.29, 0.717) is 24.9 Å². The second-order valence-corrected chi connectivity index (χ2v) is 8.93. The summed E-state index contributed by atoms with van der Waals surface area (Å²) < 4.78 is 29.9. The van der Waals surface area contributed by atoms with Crippen molar-refractivity contribution in [2.24, 2.45) is 5.92 Å². The molecule has 0 bridgehead atoms. The molecule has 3 atom stereocenters. The van der Waals surface area contributed by atoms with E-state index < -0.39 is 10.2 Å². The lowest BCUT2D eigenvalue weighted by Gasteiger charge is -2.46. The summed E-state index contributed by atoms with van der Waals surface area (Å²) in [6.45, 7) is 1.35. The Labute approximate surface area is 134 Å².